The second-order valence-corrected chi connectivity index (χ2v) is 11.1. The maximum atomic E-state index is 12.7. The Labute approximate surface area is 209 Å². The zero-order valence-electron chi connectivity index (χ0n) is 18.8. The molecule has 0 fully saturated rings. The molecule has 0 spiro atoms. The number of aliphatic carboxylic acids is 2. The molecule has 0 amide bonds. The molecule has 4 nitrogen and oxygen atoms in total. The van der Waals surface area contributed by atoms with Crippen molar-refractivity contribution in [1.82, 2.24) is 0 Å². The molecular formula is C26H28Cl2O4S. The normalized spacial score (nSPS) is 25.8. The van der Waals surface area contributed by atoms with Gasteiger partial charge in [0.25, 0.3) is 0 Å². The van der Waals surface area contributed by atoms with E-state index in [2.05, 4.69) is 0 Å². The van der Waals surface area contributed by atoms with Gasteiger partial charge in [-0.15, -0.1) is 0 Å². The van der Waals surface area contributed by atoms with Gasteiger partial charge in [0, 0.05) is 20.9 Å². The summed E-state index contributed by atoms with van der Waals surface area (Å²) in [5, 5.41) is 21.7. The Hall–Kier alpha value is -1.95. The van der Waals surface area contributed by atoms with Gasteiger partial charge in [-0.05, 0) is 54.4 Å². The van der Waals surface area contributed by atoms with Crippen molar-refractivity contribution in [3.05, 3.63) is 75.1 Å². The Morgan fingerprint density at radius 2 is 1.70 bits per heavy atom. The molecule has 3 rings (SSSR count). The van der Waals surface area contributed by atoms with E-state index >= 15 is 0 Å². The average molecular weight is 507 g/mol. The summed E-state index contributed by atoms with van der Waals surface area (Å²) < 4.78 is 0. The minimum atomic E-state index is -1.29. The van der Waals surface area contributed by atoms with Gasteiger partial charge < -0.3 is 10.2 Å². The van der Waals surface area contributed by atoms with Crippen LogP contribution in [0.5, 0.6) is 0 Å². The van der Waals surface area contributed by atoms with Crippen LogP contribution in [0.2, 0.25) is 10.0 Å². The first-order chi connectivity index (χ1) is 15.5. The van der Waals surface area contributed by atoms with Crippen LogP contribution < -0.4 is 0 Å². The molecule has 0 bridgehead atoms. The van der Waals surface area contributed by atoms with E-state index in [0.717, 1.165) is 15.4 Å². The number of benzene rings is 2. The third-order valence-corrected chi connectivity index (χ3v) is 8.45. The highest BCUT2D eigenvalue weighted by molar-refractivity contribution is 8.03. The number of hydrogen-bond acceptors (Lipinski definition) is 3. The lowest BCUT2D eigenvalue weighted by atomic mass is 9.56. The Kier molecular flexibility index (Phi) is 7.87. The molecular weight excluding hydrogens is 479 g/mol. The van der Waals surface area contributed by atoms with E-state index in [-0.39, 0.29) is 12.3 Å². The maximum absolute atomic E-state index is 12.7. The lowest BCUT2D eigenvalue weighted by Crippen LogP contribution is -2.50. The van der Waals surface area contributed by atoms with Gasteiger partial charge >= 0.3 is 11.9 Å². The van der Waals surface area contributed by atoms with Crippen molar-refractivity contribution in [2.24, 2.45) is 22.7 Å². The molecule has 0 aromatic heterocycles. The van der Waals surface area contributed by atoms with Crippen LogP contribution in [0.3, 0.4) is 0 Å². The SMILES string of the molecule is CCC(C)C1(C(=O)O)C=C(Sc2cc(Cl)cc(Cl)c2)C(Cc2ccccc2)C(C)(C(=O)O)C1. The highest BCUT2D eigenvalue weighted by atomic mass is 35.5. The standard InChI is InChI=1S/C26H28Cl2O4S/c1-4-16(2)26(24(31)32)14-22(33-20-12-18(27)11-19(28)13-20)21(25(3,15-26)23(29)30)10-17-8-6-5-7-9-17/h5-9,11-14,16,21H,4,10,15H2,1-3H3,(H,29,30)(H,31,32). The summed E-state index contributed by atoms with van der Waals surface area (Å²) in [6.07, 6.45) is 2.93. The van der Waals surface area contributed by atoms with E-state index in [1.165, 1.54) is 11.8 Å². The summed E-state index contributed by atoms with van der Waals surface area (Å²) in [5.41, 5.74) is -1.58. The van der Waals surface area contributed by atoms with Crippen molar-refractivity contribution in [1.29, 1.82) is 0 Å². The zero-order valence-corrected chi connectivity index (χ0v) is 21.2. The molecule has 2 N–H and O–H groups in total. The summed E-state index contributed by atoms with van der Waals surface area (Å²) in [5.74, 6) is -2.65. The minimum absolute atomic E-state index is 0.0253. The summed E-state index contributed by atoms with van der Waals surface area (Å²) in [6, 6.07) is 14.8. The minimum Gasteiger partial charge on any atom is -0.481 e. The topological polar surface area (TPSA) is 74.6 Å². The second kappa shape index (κ2) is 10.1. The molecule has 33 heavy (non-hydrogen) atoms. The predicted octanol–water partition coefficient (Wildman–Crippen LogP) is 7.44. The molecule has 7 heteroatoms. The molecule has 1 aliphatic carbocycles. The number of allylic oxidation sites excluding steroid dienone is 1. The van der Waals surface area contributed by atoms with Crippen molar-refractivity contribution >= 4 is 46.9 Å². The number of hydrogen-bond donors (Lipinski definition) is 2. The van der Waals surface area contributed by atoms with Gasteiger partial charge in [-0.2, -0.15) is 0 Å². The van der Waals surface area contributed by atoms with Gasteiger partial charge in [-0.3, -0.25) is 9.59 Å². The van der Waals surface area contributed by atoms with Crippen molar-refractivity contribution in [3.8, 4) is 0 Å². The smallest absolute Gasteiger partial charge is 0.313 e. The molecule has 2 aromatic carbocycles. The van der Waals surface area contributed by atoms with E-state index in [1.54, 1.807) is 31.2 Å². The molecule has 0 aliphatic heterocycles. The fourth-order valence-corrected chi connectivity index (χ4v) is 6.76. The van der Waals surface area contributed by atoms with Crippen molar-refractivity contribution < 1.29 is 19.8 Å². The highest BCUT2D eigenvalue weighted by Crippen LogP contribution is 2.57. The van der Waals surface area contributed by atoms with Crippen LogP contribution in [-0.4, -0.2) is 22.2 Å². The van der Waals surface area contributed by atoms with Crippen LogP contribution in [0.25, 0.3) is 0 Å². The fourth-order valence-electron chi connectivity index (χ4n) is 4.70. The first-order valence-corrected chi connectivity index (χ1v) is 12.5. The Bertz CT molecular complexity index is 1050. The molecule has 1 aliphatic rings. The van der Waals surface area contributed by atoms with Gasteiger partial charge in [-0.25, -0.2) is 0 Å². The van der Waals surface area contributed by atoms with Crippen LogP contribution in [0.4, 0.5) is 0 Å². The zero-order chi connectivity index (χ0) is 24.4. The second-order valence-electron chi connectivity index (χ2n) is 9.05. The number of rotatable bonds is 8. The van der Waals surface area contributed by atoms with Crippen molar-refractivity contribution in [2.75, 3.05) is 0 Å². The molecule has 0 heterocycles. The maximum Gasteiger partial charge on any atom is 0.313 e. The Morgan fingerprint density at radius 1 is 1.09 bits per heavy atom. The van der Waals surface area contributed by atoms with E-state index < -0.39 is 28.7 Å². The number of carboxylic acid groups (broad SMARTS) is 2. The quantitative estimate of drug-likeness (QED) is 0.388. The van der Waals surface area contributed by atoms with Gasteiger partial charge in [0.05, 0.1) is 10.8 Å². The fraction of sp³-hybridized carbons (Fsp3) is 0.385. The number of carboxylic acids is 2. The number of carbonyl (C=O) groups is 2. The van der Waals surface area contributed by atoms with Crippen LogP contribution >= 0.6 is 35.0 Å². The molecule has 0 saturated heterocycles. The predicted molar refractivity (Wildman–Crippen MR) is 134 cm³/mol. The van der Waals surface area contributed by atoms with Gasteiger partial charge in [0.2, 0.25) is 0 Å². The molecule has 2 aromatic rings. The summed E-state index contributed by atoms with van der Waals surface area (Å²) >= 11 is 13.8. The van der Waals surface area contributed by atoms with Crippen molar-refractivity contribution in [2.45, 2.75) is 44.9 Å². The van der Waals surface area contributed by atoms with E-state index in [0.29, 0.717) is 22.9 Å². The molecule has 4 unspecified atom stereocenters. The summed E-state index contributed by atoms with van der Waals surface area (Å²) in [4.78, 5) is 26.9. The van der Waals surface area contributed by atoms with Gasteiger partial charge in [0.1, 0.15) is 0 Å². The Morgan fingerprint density at radius 3 is 2.21 bits per heavy atom. The summed E-state index contributed by atoms with van der Waals surface area (Å²) in [7, 11) is 0. The summed E-state index contributed by atoms with van der Waals surface area (Å²) in [6.45, 7) is 5.49. The van der Waals surface area contributed by atoms with Gasteiger partial charge in [-0.1, -0.05) is 91.6 Å². The Balaban J connectivity index is 2.22. The van der Waals surface area contributed by atoms with E-state index in [1.807, 2.05) is 44.2 Å². The van der Waals surface area contributed by atoms with Crippen molar-refractivity contribution in [3.63, 3.8) is 0 Å². The van der Waals surface area contributed by atoms with Crippen LogP contribution in [0.1, 0.15) is 39.2 Å². The largest absolute Gasteiger partial charge is 0.481 e. The molecule has 4 atom stereocenters. The number of thioether (sulfide) groups is 1. The average Bonchev–Trinajstić information content (AvgIpc) is 2.75. The van der Waals surface area contributed by atoms with Crippen LogP contribution in [0, 0.1) is 22.7 Å². The van der Waals surface area contributed by atoms with Crippen LogP contribution in [-0.2, 0) is 16.0 Å². The first kappa shape index (κ1) is 25.7. The third kappa shape index (κ3) is 5.26. The van der Waals surface area contributed by atoms with E-state index in [4.69, 9.17) is 23.2 Å². The van der Waals surface area contributed by atoms with E-state index in [9.17, 15) is 19.8 Å². The highest BCUT2D eigenvalue weighted by Gasteiger charge is 2.57. The lowest BCUT2D eigenvalue weighted by Gasteiger charge is -2.47. The third-order valence-electron chi connectivity index (χ3n) is 6.91. The molecule has 0 radical (unpaired) electrons. The molecule has 0 saturated carbocycles. The van der Waals surface area contributed by atoms with Crippen LogP contribution in [0.15, 0.2) is 64.4 Å². The first-order valence-electron chi connectivity index (χ1n) is 10.9. The number of halogens is 2. The molecule has 176 valence electrons. The van der Waals surface area contributed by atoms with Gasteiger partial charge in [0.15, 0.2) is 0 Å². The lowest BCUT2D eigenvalue weighted by molar-refractivity contribution is -0.161. The monoisotopic (exact) mass is 506 g/mol.